The third kappa shape index (κ3) is 3.10. The van der Waals surface area contributed by atoms with Crippen LogP contribution in [-0.4, -0.2) is 16.9 Å². The fourth-order valence-corrected chi connectivity index (χ4v) is 2.38. The maximum Gasteiger partial charge on any atom is 0.417 e. The lowest BCUT2D eigenvalue weighted by atomic mass is 9.92. The molecule has 15 heavy (non-hydrogen) atoms. The van der Waals surface area contributed by atoms with E-state index in [-0.39, 0.29) is 12.8 Å². The van der Waals surface area contributed by atoms with Crippen molar-refractivity contribution in [3.05, 3.63) is 0 Å². The molecule has 1 saturated carbocycles. The highest BCUT2D eigenvalue weighted by Gasteiger charge is 2.53. The average molecular weight is 224 g/mol. The molecular weight excluding hydrogens is 205 g/mol. The number of rotatable bonds is 2. The quantitative estimate of drug-likeness (QED) is 0.710. The van der Waals surface area contributed by atoms with Gasteiger partial charge in [-0.05, 0) is 31.6 Å². The molecule has 0 aliphatic heterocycles. The van der Waals surface area contributed by atoms with Gasteiger partial charge in [-0.1, -0.05) is 26.2 Å². The van der Waals surface area contributed by atoms with Crippen molar-refractivity contribution in [1.82, 2.24) is 0 Å². The Balaban J connectivity index is 2.59. The minimum absolute atomic E-state index is 0.124. The van der Waals surface area contributed by atoms with E-state index in [0.717, 1.165) is 19.3 Å². The number of alkyl halides is 3. The highest BCUT2D eigenvalue weighted by molar-refractivity contribution is 4.89. The number of hydrogen-bond donors (Lipinski definition) is 1. The lowest BCUT2D eigenvalue weighted by Crippen LogP contribution is -2.44. The monoisotopic (exact) mass is 224 g/mol. The molecule has 1 N–H and O–H groups in total. The Morgan fingerprint density at radius 2 is 1.93 bits per heavy atom. The fraction of sp³-hybridized carbons (Fsp3) is 1.00. The lowest BCUT2D eigenvalue weighted by Gasteiger charge is -2.29. The van der Waals surface area contributed by atoms with Crippen molar-refractivity contribution in [3.63, 3.8) is 0 Å². The van der Waals surface area contributed by atoms with Crippen LogP contribution in [0.1, 0.15) is 51.9 Å². The Morgan fingerprint density at radius 1 is 1.27 bits per heavy atom. The molecule has 1 aliphatic carbocycles. The summed E-state index contributed by atoms with van der Waals surface area (Å²) in [5, 5.41) is 9.55. The normalized spacial score (nSPS) is 33.8. The Hall–Kier alpha value is -0.250. The summed E-state index contributed by atoms with van der Waals surface area (Å²) in [5.74, 6) is 0.367. The van der Waals surface area contributed by atoms with Gasteiger partial charge in [0.25, 0.3) is 0 Å². The van der Waals surface area contributed by atoms with Crippen LogP contribution in [0.15, 0.2) is 0 Å². The zero-order valence-corrected chi connectivity index (χ0v) is 9.11. The van der Waals surface area contributed by atoms with Crippen LogP contribution in [0.25, 0.3) is 0 Å². The maximum absolute atomic E-state index is 12.6. The van der Waals surface area contributed by atoms with Gasteiger partial charge in [0.05, 0.1) is 0 Å². The first-order chi connectivity index (χ1) is 6.89. The minimum Gasteiger partial charge on any atom is -0.380 e. The molecule has 1 aliphatic rings. The molecule has 1 nitrogen and oxygen atoms in total. The summed E-state index contributed by atoms with van der Waals surface area (Å²) in [5.41, 5.74) is -2.42. The van der Waals surface area contributed by atoms with Crippen molar-refractivity contribution in [2.75, 3.05) is 0 Å². The molecule has 1 fully saturated rings. The van der Waals surface area contributed by atoms with Crippen molar-refractivity contribution in [2.24, 2.45) is 5.92 Å². The van der Waals surface area contributed by atoms with Crippen LogP contribution in [0.2, 0.25) is 0 Å². The Labute approximate surface area is 88.7 Å². The molecule has 0 spiro atoms. The Morgan fingerprint density at radius 3 is 2.47 bits per heavy atom. The van der Waals surface area contributed by atoms with Gasteiger partial charge < -0.3 is 5.11 Å². The van der Waals surface area contributed by atoms with Crippen LogP contribution in [0.5, 0.6) is 0 Å². The van der Waals surface area contributed by atoms with E-state index < -0.39 is 11.8 Å². The topological polar surface area (TPSA) is 20.2 Å². The molecule has 4 heteroatoms. The van der Waals surface area contributed by atoms with E-state index in [2.05, 4.69) is 0 Å². The van der Waals surface area contributed by atoms with Crippen LogP contribution in [0.4, 0.5) is 13.2 Å². The first kappa shape index (κ1) is 12.8. The first-order valence-corrected chi connectivity index (χ1v) is 5.68. The highest BCUT2D eigenvalue weighted by atomic mass is 19.4. The van der Waals surface area contributed by atoms with Gasteiger partial charge in [-0.2, -0.15) is 13.2 Å². The molecule has 0 aromatic heterocycles. The van der Waals surface area contributed by atoms with E-state index in [4.69, 9.17) is 0 Å². The molecule has 0 aromatic carbocycles. The van der Waals surface area contributed by atoms with Gasteiger partial charge in [-0.15, -0.1) is 0 Å². The van der Waals surface area contributed by atoms with Gasteiger partial charge in [0.15, 0.2) is 5.60 Å². The van der Waals surface area contributed by atoms with Crippen molar-refractivity contribution < 1.29 is 18.3 Å². The minimum atomic E-state index is -4.46. The highest BCUT2D eigenvalue weighted by Crippen LogP contribution is 2.42. The summed E-state index contributed by atoms with van der Waals surface area (Å²) in [4.78, 5) is 0. The van der Waals surface area contributed by atoms with Crippen LogP contribution in [-0.2, 0) is 0 Å². The van der Waals surface area contributed by atoms with E-state index in [1.807, 2.05) is 6.92 Å². The molecule has 0 amide bonds. The van der Waals surface area contributed by atoms with E-state index in [9.17, 15) is 18.3 Å². The zero-order valence-electron chi connectivity index (χ0n) is 9.11. The zero-order chi connectivity index (χ0) is 11.5. The molecule has 90 valence electrons. The van der Waals surface area contributed by atoms with Gasteiger partial charge in [0, 0.05) is 0 Å². The Kier molecular flexibility index (Phi) is 4.04. The van der Waals surface area contributed by atoms with Gasteiger partial charge in [-0.3, -0.25) is 0 Å². The standard InChI is InChI=1S/C11H19F3O/c1-2-4-9-5-3-7-10(15,8-6-9)11(12,13)14/h9,15H,2-8H2,1H3. The molecule has 0 radical (unpaired) electrons. The summed E-state index contributed by atoms with van der Waals surface area (Å²) >= 11 is 0. The summed E-state index contributed by atoms with van der Waals surface area (Å²) in [6, 6.07) is 0. The van der Waals surface area contributed by atoms with Gasteiger partial charge in [0.1, 0.15) is 0 Å². The van der Waals surface area contributed by atoms with Gasteiger partial charge >= 0.3 is 6.18 Å². The maximum atomic E-state index is 12.6. The summed E-state index contributed by atoms with van der Waals surface area (Å²) in [6.07, 6.45) is -0.911. The third-order valence-electron chi connectivity index (χ3n) is 3.39. The molecule has 2 atom stereocenters. The average Bonchev–Trinajstić information content (AvgIpc) is 2.29. The summed E-state index contributed by atoms with van der Waals surface area (Å²) < 4.78 is 37.7. The van der Waals surface area contributed by atoms with E-state index >= 15 is 0 Å². The SMILES string of the molecule is CCCC1CCCC(O)(C(F)(F)F)CC1. The summed E-state index contributed by atoms with van der Waals surface area (Å²) in [6.45, 7) is 2.04. The van der Waals surface area contributed by atoms with E-state index in [1.165, 1.54) is 0 Å². The van der Waals surface area contributed by atoms with Gasteiger partial charge in [-0.25, -0.2) is 0 Å². The van der Waals surface area contributed by atoms with Crippen molar-refractivity contribution in [3.8, 4) is 0 Å². The van der Waals surface area contributed by atoms with Crippen LogP contribution in [0, 0.1) is 5.92 Å². The number of aliphatic hydroxyl groups is 1. The second-order valence-electron chi connectivity index (χ2n) is 4.61. The largest absolute Gasteiger partial charge is 0.417 e. The summed E-state index contributed by atoms with van der Waals surface area (Å²) in [7, 11) is 0. The first-order valence-electron chi connectivity index (χ1n) is 5.68. The predicted molar refractivity (Wildman–Crippen MR) is 52.5 cm³/mol. The second-order valence-corrected chi connectivity index (χ2v) is 4.61. The molecule has 0 aromatic rings. The Bertz CT molecular complexity index is 202. The smallest absolute Gasteiger partial charge is 0.380 e. The van der Waals surface area contributed by atoms with Crippen molar-refractivity contribution in [2.45, 2.75) is 63.6 Å². The fourth-order valence-electron chi connectivity index (χ4n) is 2.38. The molecule has 0 heterocycles. The lowest BCUT2D eigenvalue weighted by molar-refractivity contribution is -0.264. The van der Waals surface area contributed by atoms with E-state index in [1.54, 1.807) is 0 Å². The molecule has 0 bridgehead atoms. The van der Waals surface area contributed by atoms with Crippen molar-refractivity contribution in [1.29, 1.82) is 0 Å². The van der Waals surface area contributed by atoms with Gasteiger partial charge in [0.2, 0.25) is 0 Å². The molecule has 0 saturated heterocycles. The predicted octanol–water partition coefficient (Wildman–Crippen LogP) is 3.66. The third-order valence-corrected chi connectivity index (χ3v) is 3.39. The number of hydrogen-bond acceptors (Lipinski definition) is 1. The van der Waals surface area contributed by atoms with Crippen LogP contribution < -0.4 is 0 Å². The molecule has 1 rings (SSSR count). The number of halogens is 3. The second kappa shape index (κ2) is 4.73. The van der Waals surface area contributed by atoms with Crippen molar-refractivity contribution >= 4 is 0 Å². The molecule has 2 unspecified atom stereocenters. The van der Waals surface area contributed by atoms with Crippen LogP contribution >= 0.6 is 0 Å². The van der Waals surface area contributed by atoms with Crippen LogP contribution in [0.3, 0.4) is 0 Å². The van der Waals surface area contributed by atoms with E-state index in [0.29, 0.717) is 18.8 Å². The molecular formula is C11H19F3O.